The molecule has 54 nitrogen and oxygen atoms in total. The molecule has 4 aromatic heterocycles. The summed E-state index contributed by atoms with van der Waals surface area (Å²) in [4.78, 5) is 177. The zero-order chi connectivity index (χ0) is 103. The molecular formula is C82H100N18O36P6. The lowest BCUT2D eigenvalue weighted by molar-refractivity contribution is -0.256. The maximum atomic E-state index is 13.6. The fourth-order valence-electron chi connectivity index (χ4n) is 15.6. The van der Waals surface area contributed by atoms with E-state index in [1.165, 1.54) is 24.3 Å². The molecule has 2 aliphatic carbocycles. The van der Waals surface area contributed by atoms with Gasteiger partial charge in [0, 0.05) is 145 Å². The number of rotatable bonds is 40. The number of carboxylic acid groups (broad SMARTS) is 2. The number of phosphoric ester groups is 2. The molecule has 12 atom stereocenters. The third-order valence-electron chi connectivity index (χ3n) is 22.3. The summed E-state index contributed by atoms with van der Waals surface area (Å²) in [5.41, 5.74) is 15.0. The van der Waals surface area contributed by atoms with Crippen LogP contribution in [-0.2, 0) is 63.2 Å². The van der Waals surface area contributed by atoms with E-state index in [1.54, 1.807) is 12.1 Å². The van der Waals surface area contributed by atoms with E-state index in [9.17, 15) is 106 Å². The highest BCUT2D eigenvalue weighted by Crippen LogP contribution is 2.68. The summed E-state index contributed by atoms with van der Waals surface area (Å²) in [5.74, 6) is -3.62. The lowest BCUT2D eigenvalue weighted by Crippen LogP contribution is -2.34. The second-order valence-electron chi connectivity index (χ2n) is 33.3. The molecule has 764 valence electrons. The van der Waals surface area contributed by atoms with Gasteiger partial charge in [-0.05, 0) is 97.5 Å². The minimum Gasteiger partial charge on any atom is -0.545 e. The van der Waals surface area contributed by atoms with E-state index < -0.39 is 144 Å². The van der Waals surface area contributed by atoms with Crippen molar-refractivity contribution in [1.82, 2.24) is 58.8 Å². The van der Waals surface area contributed by atoms with E-state index in [1.807, 2.05) is 148 Å². The van der Waals surface area contributed by atoms with E-state index in [0.717, 1.165) is 31.2 Å². The van der Waals surface area contributed by atoms with Crippen LogP contribution in [0.15, 0.2) is 128 Å². The number of fused-ring (bicyclic) bond motifs is 6. The van der Waals surface area contributed by atoms with Crippen LogP contribution in [-0.4, -0.2) is 255 Å². The molecule has 2 saturated heterocycles. The summed E-state index contributed by atoms with van der Waals surface area (Å²) < 4.78 is 124. The van der Waals surface area contributed by atoms with Crippen LogP contribution in [0.25, 0.3) is 89.2 Å². The number of ether oxygens (including phenoxy) is 2. The lowest BCUT2D eigenvalue weighted by atomic mass is 9.89. The van der Waals surface area contributed by atoms with E-state index in [2.05, 4.69) is 77.5 Å². The van der Waals surface area contributed by atoms with Gasteiger partial charge in [-0.15, -0.1) is 0 Å². The number of hydrogen-bond acceptors (Lipinski definition) is 38. The number of phosphoric acid groups is 6. The van der Waals surface area contributed by atoms with Gasteiger partial charge in [0.25, 0.3) is 22.9 Å². The second-order valence-corrected chi connectivity index (χ2v) is 42.1. The molecule has 0 bridgehead atoms. The summed E-state index contributed by atoms with van der Waals surface area (Å²) in [6.45, 7) is -1.24. The Kier molecular flexibility index (Phi) is 33.2. The molecule has 0 saturated carbocycles. The number of nitrogens with two attached hydrogens (primary N) is 2. The summed E-state index contributed by atoms with van der Waals surface area (Å²) in [6.07, 6.45) is -9.42. The highest BCUT2D eigenvalue weighted by atomic mass is 31.3. The number of nitrogens with zero attached hydrogens (tertiary/aromatic N) is 10. The van der Waals surface area contributed by atoms with Crippen molar-refractivity contribution in [2.45, 2.75) is 100 Å². The van der Waals surface area contributed by atoms with Crippen molar-refractivity contribution in [3.05, 3.63) is 163 Å². The van der Waals surface area contributed by atoms with Crippen LogP contribution >= 0.6 is 46.9 Å². The fourth-order valence-corrected chi connectivity index (χ4v) is 21.7. The first-order chi connectivity index (χ1) is 66.6. The van der Waals surface area contributed by atoms with Gasteiger partial charge < -0.3 is 140 Å². The Hall–Kier alpha value is -11.8. The van der Waals surface area contributed by atoms with Crippen molar-refractivity contribution in [2.24, 2.45) is 0 Å². The Morgan fingerprint density at radius 3 is 1.23 bits per heavy atom. The van der Waals surface area contributed by atoms with E-state index in [-0.39, 0.29) is 100 Å². The van der Waals surface area contributed by atoms with Gasteiger partial charge in [0.05, 0.1) is 37.3 Å². The number of carboxylic acids is 2. The third kappa shape index (κ3) is 25.7. The highest BCUT2D eigenvalue weighted by Gasteiger charge is 2.51. The molecule has 4 unspecified atom stereocenters. The van der Waals surface area contributed by atoms with Crippen LogP contribution in [0.1, 0.15) is 105 Å². The molecule has 2 fully saturated rings. The van der Waals surface area contributed by atoms with Crippen molar-refractivity contribution in [3.63, 3.8) is 0 Å². The number of amides is 2. The number of aliphatic hydroxyl groups excluding tert-OH is 4. The smallest absolute Gasteiger partial charge is 0.490 e. The summed E-state index contributed by atoms with van der Waals surface area (Å²) in [7, 11) is -19.1. The van der Waals surface area contributed by atoms with Gasteiger partial charge in [0.1, 0.15) is 87.5 Å². The first-order valence-electron chi connectivity index (χ1n) is 42.9. The standard InChI is InChI=1S/2C41H50N9O18P3/c1-48(2)22-10-13-25-28(18-22)65-29-19-23(49(3)4)11-14-26(29)31(25)27-17-21(9-12-24(27)39(55)56)36(53)43-15-7-5-6-8-16-44-41-45-32-35(46-40(42)47-37(32)54)50(41)38-34(52)33(51)30(66-38)20-64-70(60,61)68-71(62,63)67-69(57,58)59;1-48(2)22-10-13-25-28(18-22)65-29-19-23(49(3)4)11-14-26(29)31(25)24-12-9-21(17-27(24)39(55)56)36(53)43-15-7-5-6-8-16-44-41-45-32-35(46-40(42)47-37(32)54)50(41)38-34(52)33(51)30(66-38)20-64-70(60,61)68-71(62,63)67-69(57,58)59/h9-14,17-19,30,33-34,38,51-52H,5-8,15-16,20H2,1-4H3,(H9-,42,43,44,45,46,47,53,54,55,56,57,58,59,60,61,62,63);9-14,17-19,30,33-34,38,43,51-52H,5-8,15-16,20H2,1-4H3,(H8,42,47,53,54,55,56,57,58,59,60,61,62,63)/t2*30-,33-,34-,38-/m11/s1. The molecule has 142 heavy (non-hydrogen) atoms. The van der Waals surface area contributed by atoms with Crippen LogP contribution in [0, 0.1) is 0 Å². The number of hydrogen-bond donors (Lipinski definition) is 20. The SMILES string of the molecule is CN(C)c1ccc2c(-c3cc(C(=O)NCCCCCCNc4nc5c(=O)[nH]c(N)nc5n4[C@@H]4O[C@H](COP(=O)(O)OP(=O)(O)OP(=O)(O)O)[C@@H](O)[C@H]4O)ccc3C(=O)[O-])c3ccc(=[N+](C)C)cc-3oc2c1.CN(C)c1ccc2c(-c3ccc(C(=O)NCCCCCCNc4nc5c(=O)[nH]c(N)nc5n4[C@@H]4O[C@H](COP(=O)(O)OP(=O)(O)OP(=O)(O)O)[C@@H](O)[C@H]4O)cc3C(=O)[O-])c3ccc(=[N+](C)C)cc-3oc2c1. The zero-order valence-electron chi connectivity index (χ0n) is 76.4. The molecule has 60 heteroatoms. The predicted molar refractivity (Wildman–Crippen MR) is 503 cm³/mol. The number of aromatic amines is 2. The molecule has 4 aromatic carbocycles. The highest BCUT2D eigenvalue weighted by molar-refractivity contribution is 7.67. The van der Waals surface area contributed by atoms with Gasteiger partial charge in [-0.3, -0.25) is 47.3 Å². The van der Waals surface area contributed by atoms with Crippen molar-refractivity contribution in [1.29, 1.82) is 0 Å². The third-order valence-corrected chi connectivity index (χ3v) is 29.9. The number of benzene rings is 6. The van der Waals surface area contributed by atoms with Crippen molar-refractivity contribution in [3.8, 4) is 44.9 Å². The zero-order valence-corrected chi connectivity index (χ0v) is 81.8. The summed E-state index contributed by atoms with van der Waals surface area (Å²) >= 11 is 0. The monoisotopic (exact) mass is 2100 g/mol. The summed E-state index contributed by atoms with van der Waals surface area (Å²) in [6, 6.07) is 31.3. The van der Waals surface area contributed by atoms with E-state index in [4.69, 9.17) is 49.3 Å². The molecule has 0 spiro atoms. The number of nitrogen functional groups attached to an aromatic ring is 2. The van der Waals surface area contributed by atoms with Gasteiger partial charge in [-0.2, -0.15) is 27.2 Å². The first-order valence-corrected chi connectivity index (χ1v) is 52.0. The fraction of sp³-hybridized carbons (Fsp3) is 0.366. The average molecular weight is 2100 g/mol. The number of carbonyl (C=O) groups is 4. The number of aromatic nitrogens is 8. The Bertz CT molecular complexity index is 7380. The maximum Gasteiger partial charge on any atom is 0.490 e. The molecule has 8 aromatic rings. The average Bonchev–Trinajstić information content (AvgIpc) is 1.02. The van der Waals surface area contributed by atoms with Crippen molar-refractivity contribution in [2.75, 3.05) is 128 Å². The second kappa shape index (κ2) is 43.8. The maximum absolute atomic E-state index is 13.6. The minimum absolute atomic E-state index is 0.0766. The Balaban J connectivity index is 0.000000239. The Morgan fingerprint density at radius 1 is 0.458 bits per heavy atom. The molecule has 14 rings (SSSR count). The normalized spacial score (nSPS) is 18.9. The van der Waals surface area contributed by atoms with Gasteiger partial charge in [0.2, 0.25) is 34.5 Å². The summed E-state index contributed by atoms with van der Waals surface area (Å²) in [5, 5.41) is 83.7. The van der Waals surface area contributed by atoms with Crippen LogP contribution in [0.2, 0.25) is 0 Å². The molecule has 0 radical (unpaired) electrons. The van der Waals surface area contributed by atoms with Gasteiger partial charge in [0.15, 0.2) is 34.8 Å². The molecule has 2 amide bonds. The van der Waals surface area contributed by atoms with Gasteiger partial charge in [-0.25, -0.2) is 46.5 Å². The van der Waals surface area contributed by atoms with E-state index >= 15 is 0 Å². The van der Waals surface area contributed by atoms with Crippen molar-refractivity contribution < 1.29 is 161 Å². The predicted octanol–water partition coefficient (Wildman–Crippen LogP) is 2.09. The van der Waals surface area contributed by atoms with Gasteiger partial charge >= 0.3 is 46.9 Å². The van der Waals surface area contributed by atoms with Crippen LogP contribution in [0.3, 0.4) is 0 Å². The number of unbranched alkanes of at least 4 members (excludes halogenated alkanes) is 6. The number of anilines is 6. The largest absolute Gasteiger partial charge is 0.545 e. The molecular weight excluding hydrogens is 2000 g/mol. The van der Waals surface area contributed by atoms with E-state index in [0.29, 0.717) is 113 Å². The number of carbonyl (C=O) groups excluding carboxylic acids is 4. The Morgan fingerprint density at radius 2 is 0.838 bits per heavy atom. The molecule has 22 N–H and O–H groups in total. The number of imidazole rings is 2. The van der Waals surface area contributed by atoms with Crippen molar-refractivity contribution >= 4 is 150 Å². The molecule has 4 aliphatic heterocycles. The van der Waals surface area contributed by atoms with Gasteiger partial charge in [-0.1, -0.05) is 37.8 Å². The number of aliphatic hydroxyl groups is 4. The number of H-pyrrole nitrogens is 2. The quantitative estimate of drug-likeness (QED) is 0.0113. The topological polar surface area (TPSA) is 800 Å². The van der Waals surface area contributed by atoms with Crippen LogP contribution in [0.4, 0.5) is 35.2 Å². The van der Waals surface area contributed by atoms with Crippen LogP contribution in [0.5, 0.6) is 0 Å². The number of aromatic carboxylic acids is 2. The molecule has 6 aliphatic rings. The first kappa shape index (κ1) is 108. The minimum atomic E-state index is -5.85. The Labute approximate surface area is 802 Å². The van der Waals surface area contributed by atoms with Crippen LogP contribution < -0.4 is 83.7 Å². The number of nitrogens with one attached hydrogen (secondary N) is 6. The molecule has 8 heterocycles. The lowest BCUT2D eigenvalue weighted by Gasteiger charge is -2.20.